The summed E-state index contributed by atoms with van der Waals surface area (Å²) in [4.78, 5) is 24.5. The van der Waals surface area contributed by atoms with Crippen LogP contribution in [0.4, 0.5) is 5.69 Å². The van der Waals surface area contributed by atoms with E-state index in [1.165, 1.54) is 12.5 Å². The van der Waals surface area contributed by atoms with E-state index in [4.69, 9.17) is 14.2 Å². The molecule has 6 heteroatoms. The summed E-state index contributed by atoms with van der Waals surface area (Å²) in [6.07, 6.45) is -0.924. The molecule has 0 fully saturated rings. The molecule has 1 amide bonds. The van der Waals surface area contributed by atoms with Gasteiger partial charge < -0.3 is 19.5 Å². The highest BCUT2D eigenvalue weighted by atomic mass is 16.6. The van der Waals surface area contributed by atoms with Crippen molar-refractivity contribution in [2.45, 2.75) is 32.5 Å². The molecule has 0 saturated heterocycles. The first-order valence-corrected chi connectivity index (χ1v) is 8.55. The maximum atomic E-state index is 12.3. The van der Waals surface area contributed by atoms with Crippen LogP contribution < -0.4 is 14.8 Å². The van der Waals surface area contributed by atoms with Crippen molar-refractivity contribution in [2.75, 3.05) is 11.9 Å². The number of carbonyl (C=O) groups excluding carboxylic acids is 2. The second-order valence-electron chi connectivity index (χ2n) is 5.98. The molecule has 2 atom stereocenters. The molecule has 2 aromatic carbocycles. The number of nitrogens with one attached hydrogen (secondary N) is 1. The van der Waals surface area contributed by atoms with Gasteiger partial charge in [-0.05, 0) is 43.2 Å². The van der Waals surface area contributed by atoms with Crippen LogP contribution in [-0.2, 0) is 20.7 Å². The number of fused-ring (bicyclic) bond motifs is 1. The minimum atomic E-state index is -0.950. The fourth-order valence-corrected chi connectivity index (χ4v) is 2.51. The van der Waals surface area contributed by atoms with E-state index in [2.05, 4.69) is 12.2 Å². The summed E-state index contributed by atoms with van der Waals surface area (Å²) in [7, 11) is 0. The zero-order valence-electron chi connectivity index (χ0n) is 14.7. The molecule has 2 aromatic rings. The molecule has 0 spiro atoms. The summed E-state index contributed by atoms with van der Waals surface area (Å²) in [5.74, 6) is 0.0231. The van der Waals surface area contributed by atoms with Gasteiger partial charge in [0.25, 0.3) is 5.91 Å². The van der Waals surface area contributed by atoms with E-state index < -0.39 is 24.1 Å². The molecule has 3 rings (SSSR count). The second-order valence-corrected chi connectivity index (χ2v) is 5.98. The third-order valence-electron chi connectivity index (χ3n) is 4.06. The lowest BCUT2D eigenvalue weighted by Crippen LogP contribution is -2.41. The van der Waals surface area contributed by atoms with Crippen LogP contribution in [0, 0.1) is 0 Å². The third kappa shape index (κ3) is 4.14. The fourth-order valence-electron chi connectivity index (χ4n) is 2.51. The highest BCUT2D eigenvalue weighted by Crippen LogP contribution is 2.31. The average molecular weight is 355 g/mol. The van der Waals surface area contributed by atoms with E-state index in [0.29, 0.717) is 17.2 Å². The van der Waals surface area contributed by atoms with Crippen molar-refractivity contribution < 1.29 is 23.8 Å². The van der Waals surface area contributed by atoms with Gasteiger partial charge >= 0.3 is 5.97 Å². The van der Waals surface area contributed by atoms with Crippen LogP contribution in [0.1, 0.15) is 19.4 Å². The second kappa shape index (κ2) is 7.91. The molecule has 0 unspecified atom stereocenters. The van der Waals surface area contributed by atoms with E-state index in [9.17, 15) is 9.59 Å². The van der Waals surface area contributed by atoms with Crippen LogP contribution >= 0.6 is 0 Å². The van der Waals surface area contributed by atoms with Gasteiger partial charge in [-0.15, -0.1) is 0 Å². The molecular formula is C20H21NO5. The average Bonchev–Trinajstić information content (AvgIpc) is 2.68. The normalized spacial score (nSPS) is 16.5. The summed E-state index contributed by atoms with van der Waals surface area (Å²) in [5, 5.41) is 2.73. The van der Waals surface area contributed by atoms with E-state index >= 15 is 0 Å². The van der Waals surface area contributed by atoms with Crippen LogP contribution in [0.3, 0.4) is 0 Å². The number of esters is 1. The van der Waals surface area contributed by atoms with Gasteiger partial charge in [-0.1, -0.05) is 31.2 Å². The molecule has 1 aliphatic rings. The van der Waals surface area contributed by atoms with Gasteiger partial charge in [0.2, 0.25) is 6.10 Å². The van der Waals surface area contributed by atoms with Crippen molar-refractivity contribution in [3.05, 3.63) is 54.1 Å². The zero-order valence-corrected chi connectivity index (χ0v) is 14.7. The number of hydrogen-bond acceptors (Lipinski definition) is 5. The summed E-state index contributed by atoms with van der Waals surface area (Å²) >= 11 is 0. The number of hydrogen-bond donors (Lipinski definition) is 1. The van der Waals surface area contributed by atoms with Gasteiger partial charge in [-0.2, -0.15) is 0 Å². The molecular weight excluding hydrogens is 334 g/mol. The monoisotopic (exact) mass is 355 g/mol. The molecule has 1 aliphatic heterocycles. The summed E-state index contributed by atoms with van der Waals surface area (Å²) in [5.41, 5.74) is 1.83. The molecule has 0 aromatic heterocycles. The number of benzene rings is 2. The lowest BCUT2D eigenvalue weighted by Gasteiger charge is -2.25. The maximum Gasteiger partial charge on any atom is 0.351 e. The first-order chi connectivity index (χ1) is 12.6. The van der Waals surface area contributed by atoms with Gasteiger partial charge in [0.15, 0.2) is 17.6 Å². The Hall–Kier alpha value is -3.02. The predicted molar refractivity (Wildman–Crippen MR) is 96.4 cm³/mol. The van der Waals surface area contributed by atoms with E-state index in [1.54, 1.807) is 18.2 Å². The molecule has 136 valence electrons. The van der Waals surface area contributed by atoms with Crippen LogP contribution in [0.15, 0.2) is 48.5 Å². The van der Waals surface area contributed by atoms with Gasteiger partial charge in [0.05, 0.1) is 0 Å². The molecule has 0 radical (unpaired) electrons. The quantitative estimate of drug-likeness (QED) is 0.835. The highest BCUT2D eigenvalue weighted by molar-refractivity contribution is 5.95. The third-order valence-corrected chi connectivity index (χ3v) is 4.06. The Kier molecular flexibility index (Phi) is 5.41. The highest BCUT2D eigenvalue weighted by Gasteiger charge is 2.31. The van der Waals surface area contributed by atoms with Crippen LogP contribution in [0.2, 0.25) is 0 Å². The number of rotatable bonds is 5. The summed E-state index contributed by atoms with van der Waals surface area (Å²) < 4.78 is 16.3. The van der Waals surface area contributed by atoms with Crippen LogP contribution in [-0.4, -0.2) is 30.7 Å². The SMILES string of the molecule is CCc1ccc(NC(=O)[C@@H](C)OC(=O)[C@@H]2COc3ccccc3O2)cc1. The van der Waals surface area contributed by atoms with Crippen molar-refractivity contribution in [1.29, 1.82) is 0 Å². The Bertz CT molecular complexity index is 787. The van der Waals surface area contributed by atoms with E-state index in [0.717, 1.165) is 6.42 Å². The summed E-state index contributed by atoms with van der Waals surface area (Å²) in [6.45, 7) is 3.62. The molecule has 6 nitrogen and oxygen atoms in total. The van der Waals surface area contributed by atoms with Crippen molar-refractivity contribution in [3.63, 3.8) is 0 Å². The molecule has 1 heterocycles. The van der Waals surface area contributed by atoms with Crippen molar-refractivity contribution in [3.8, 4) is 11.5 Å². The number of ether oxygens (including phenoxy) is 3. The number of carbonyl (C=O) groups is 2. The lowest BCUT2D eigenvalue weighted by molar-refractivity contribution is -0.162. The summed E-state index contributed by atoms with van der Waals surface area (Å²) in [6, 6.07) is 14.6. The number of aryl methyl sites for hydroxylation is 1. The van der Waals surface area contributed by atoms with Gasteiger partial charge in [-0.3, -0.25) is 4.79 Å². The van der Waals surface area contributed by atoms with Crippen molar-refractivity contribution in [1.82, 2.24) is 0 Å². The Morgan fingerprint density at radius 3 is 2.54 bits per heavy atom. The van der Waals surface area contributed by atoms with Crippen LogP contribution in [0.5, 0.6) is 11.5 Å². The smallest absolute Gasteiger partial charge is 0.351 e. The maximum absolute atomic E-state index is 12.3. The lowest BCUT2D eigenvalue weighted by atomic mass is 10.1. The predicted octanol–water partition coefficient (Wildman–Crippen LogP) is 2.96. The zero-order chi connectivity index (χ0) is 18.5. The molecule has 26 heavy (non-hydrogen) atoms. The Labute approximate surface area is 152 Å². The van der Waals surface area contributed by atoms with Crippen molar-refractivity contribution in [2.24, 2.45) is 0 Å². The van der Waals surface area contributed by atoms with Crippen molar-refractivity contribution >= 4 is 17.6 Å². The largest absolute Gasteiger partial charge is 0.485 e. The molecule has 1 N–H and O–H groups in total. The van der Waals surface area contributed by atoms with Gasteiger partial charge in [-0.25, -0.2) is 4.79 Å². The molecule has 0 aliphatic carbocycles. The standard InChI is InChI=1S/C20H21NO5/c1-3-14-8-10-15(11-9-14)21-19(22)13(2)25-20(23)18-12-24-16-6-4-5-7-17(16)26-18/h4-11,13,18H,3,12H2,1-2H3,(H,21,22)/t13-,18+/m1/s1. The number of para-hydroxylation sites is 2. The molecule has 0 saturated carbocycles. The first kappa shape index (κ1) is 17.8. The fraction of sp³-hybridized carbons (Fsp3) is 0.300. The number of anilines is 1. The Morgan fingerprint density at radius 2 is 1.85 bits per heavy atom. The number of amides is 1. The Balaban J connectivity index is 1.54. The Morgan fingerprint density at radius 1 is 1.15 bits per heavy atom. The van der Waals surface area contributed by atoms with E-state index in [-0.39, 0.29) is 6.61 Å². The first-order valence-electron chi connectivity index (χ1n) is 8.55. The topological polar surface area (TPSA) is 73.9 Å². The molecule has 0 bridgehead atoms. The minimum absolute atomic E-state index is 0.0443. The van der Waals surface area contributed by atoms with Crippen LogP contribution in [0.25, 0.3) is 0 Å². The van der Waals surface area contributed by atoms with Gasteiger partial charge in [0, 0.05) is 5.69 Å². The minimum Gasteiger partial charge on any atom is -0.485 e. The van der Waals surface area contributed by atoms with Gasteiger partial charge in [0.1, 0.15) is 6.61 Å². The van der Waals surface area contributed by atoms with E-state index in [1.807, 2.05) is 30.3 Å².